The van der Waals surface area contributed by atoms with Crippen LogP contribution in [-0.2, 0) is 10.0 Å². The van der Waals surface area contributed by atoms with Gasteiger partial charge in [-0.15, -0.1) is 0 Å². The molecule has 0 saturated heterocycles. The van der Waals surface area contributed by atoms with E-state index in [1.807, 2.05) is 0 Å². The molecule has 0 heterocycles. The van der Waals surface area contributed by atoms with Crippen molar-refractivity contribution >= 4 is 44.6 Å². The van der Waals surface area contributed by atoms with Crippen LogP contribution in [0.1, 0.15) is 5.56 Å². The van der Waals surface area contributed by atoms with Gasteiger partial charge in [-0.25, -0.2) is 12.8 Å². The minimum atomic E-state index is -4.06. The Labute approximate surface area is 131 Å². The van der Waals surface area contributed by atoms with Crippen molar-refractivity contribution < 1.29 is 12.8 Å². The van der Waals surface area contributed by atoms with Gasteiger partial charge in [0, 0.05) is 5.02 Å². The van der Waals surface area contributed by atoms with Crippen LogP contribution in [0.25, 0.3) is 0 Å². The molecule has 0 amide bonds. The topological polar surface area (TPSA) is 72.2 Å². The second-order valence-electron chi connectivity index (χ2n) is 4.37. The van der Waals surface area contributed by atoms with Crippen LogP contribution >= 0.6 is 23.2 Å². The van der Waals surface area contributed by atoms with Crippen molar-refractivity contribution in [3.8, 4) is 0 Å². The Morgan fingerprint density at radius 3 is 2.48 bits per heavy atom. The largest absolute Gasteiger partial charge is 0.398 e. The van der Waals surface area contributed by atoms with Gasteiger partial charge in [0.1, 0.15) is 10.7 Å². The average Bonchev–Trinajstić information content (AvgIpc) is 2.31. The van der Waals surface area contributed by atoms with Crippen LogP contribution in [0.15, 0.2) is 35.2 Å². The first-order valence-corrected chi connectivity index (χ1v) is 7.98. The highest BCUT2D eigenvalue weighted by atomic mass is 35.5. The number of nitrogens with two attached hydrogens (primary N) is 1. The molecule has 2 rings (SSSR count). The normalized spacial score (nSPS) is 11.4. The number of nitrogen functional groups attached to an aromatic ring is 1. The fourth-order valence-electron chi connectivity index (χ4n) is 1.76. The summed E-state index contributed by atoms with van der Waals surface area (Å²) in [7, 11) is -4.06. The molecule has 0 saturated carbocycles. The summed E-state index contributed by atoms with van der Waals surface area (Å²) in [5, 5.41) is 0.111. The first-order valence-electron chi connectivity index (χ1n) is 5.74. The molecule has 3 N–H and O–H groups in total. The maximum Gasteiger partial charge on any atom is 0.265 e. The molecule has 8 heteroatoms. The van der Waals surface area contributed by atoms with Gasteiger partial charge in [-0.1, -0.05) is 29.3 Å². The van der Waals surface area contributed by atoms with E-state index in [2.05, 4.69) is 4.72 Å². The van der Waals surface area contributed by atoms with Crippen molar-refractivity contribution in [2.75, 3.05) is 10.5 Å². The summed E-state index contributed by atoms with van der Waals surface area (Å²) in [6, 6.07) is 6.32. The summed E-state index contributed by atoms with van der Waals surface area (Å²) >= 11 is 11.6. The molecule has 2 aromatic rings. The van der Waals surface area contributed by atoms with E-state index in [0.29, 0.717) is 5.56 Å². The molecule has 0 spiro atoms. The first-order chi connectivity index (χ1) is 9.70. The standard InChI is InChI=1S/C13H11Cl2FN2O2S/c1-7-2-3-9(16)6-12(7)18-21(19,20)13-10(15)4-8(14)5-11(13)17/h2-6,18H,17H2,1H3. The van der Waals surface area contributed by atoms with E-state index in [1.54, 1.807) is 6.92 Å². The van der Waals surface area contributed by atoms with Gasteiger partial charge >= 0.3 is 0 Å². The predicted molar refractivity (Wildman–Crippen MR) is 82.8 cm³/mol. The lowest BCUT2D eigenvalue weighted by Crippen LogP contribution is -2.16. The second kappa shape index (κ2) is 5.71. The highest BCUT2D eigenvalue weighted by molar-refractivity contribution is 7.93. The maximum absolute atomic E-state index is 13.2. The van der Waals surface area contributed by atoms with Gasteiger partial charge in [0.05, 0.1) is 16.4 Å². The zero-order valence-corrected chi connectivity index (χ0v) is 13.2. The average molecular weight is 349 g/mol. The van der Waals surface area contributed by atoms with Crippen LogP contribution in [0.2, 0.25) is 10.0 Å². The molecule has 21 heavy (non-hydrogen) atoms. The minimum Gasteiger partial charge on any atom is -0.398 e. The third-order valence-electron chi connectivity index (χ3n) is 2.75. The van der Waals surface area contributed by atoms with Gasteiger partial charge in [0.2, 0.25) is 0 Å². The quantitative estimate of drug-likeness (QED) is 0.828. The monoisotopic (exact) mass is 348 g/mol. The SMILES string of the molecule is Cc1ccc(F)cc1NS(=O)(=O)c1c(N)cc(Cl)cc1Cl. The fraction of sp³-hybridized carbons (Fsp3) is 0.0769. The molecule has 0 aliphatic carbocycles. The van der Waals surface area contributed by atoms with Crippen molar-refractivity contribution in [2.45, 2.75) is 11.8 Å². The lowest BCUT2D eigenvalue weighted by molar-refractivity contribution is 0.601. The summed E-state index contributed by atoms with van der Waals surface area (Å²) in [4.78, 5) is -0.294. The number of aryl methyl sites for hydroxylation is 1. The molecule has 2 aromatic carbocycles. The number of halogens is 3. The molecule has 0 unspecified atom stereocenters. The lowest BCUT2D eigenvalue weighted by atomic mass is 10.2. The lowest BCUT2D eigenvalue weighted by Gasteiger charge is -2.13. The minimum absolute atomic E-state index is 0.0888. The van der Waals surface area contributed by atoms with Crippen LogP contribution in [0, 0.1) is 12.7 Å². The van der Waals surface area contributed by atoms with Crippen LogP contribution in [0.3, 0.4) is 0 Å². The third kappa shape index (κ3) is 3.40. The summed E-state index contributed by atoms with van der Waals surface area (Å²) in [6.07, 6.45) is 0. The van der Waals surface area contributed by atoms with E-state index >= 15 is 0 Å². The molecular formula is C13H11Cl2FN2O2S. The Bertz CT molecular complexity index is 787. The number of benzene rings is 2. The molecule has 0 bridgehead atoms. The molecule has 4 nitrogen and oxygen atoms in total. The van der Waals surface area contributed by atoms with Gasteiger partial charge < -0.3 is 5.73 Å². The first kappa shape index (κ1) is 15.9. The van der Waals surface area contributed by atoms with Gasteiger partial charge in [0.15, 0.2) is 0 Å². The number of hydrogen-bond donors (Lipinski definition) is 2. The Hall–Kier alpha value is -1.50. The summed E-state index contributed by atoms with van der Waals surface area (Å²) < 4.78 is 40.3. The van der Waals surface area contributed by atoms with Gasteiger partial charge in [0.25, 0.3) is 10.0 Å². The molecule has 0 aliphatic rings. The van der Waals surface area contributed by atoms with Gasteiger partial charge in [-0.2, -0.15) is 0 Å². The van der Waals surface area contributed by atoms with E-state index in [-0.39, 0.29) is 26.3 Å². The number of hydrogen-bond acceptors (Lipinski definition) is 3. The Kier molecular flexibility index (Phi) is 4.32. The summed E-state index contributed by atoms with van der Waals surface area (Å²) in [5.74, 6) is -0.562. The molecule has 0 aliphatic heterocycles. The zero-order chi connectivity index (χ0) is 15.8. The Morgan fingerprint density at radius 2 is 1.86 bits per heavy atom. The summed E-state index contributed by atoms with van der Waals surface area (Å²) in [5.41, 5.74) is 6.25. The van der Waals surface area contributed by atoms with Crippen LogP contribution in [0.4, 0.5) is 15.8 Å². The molecule has 0 atom stereocenters. The molecule has 0 radical (unpaired) electrons. The predicted octanol–water partition coefficient (Wildman–Crippen LogP) is 3.82. The number of rotatable bonds is 3. The zero-order valence-electron chi connectivity index (χ0n) is 10.8. The smallest absolute Gasteiger partial charge is 0.265 e. The third-order valence-corrected chi connectivity index (χ3v) is 4.86. The van der Waals surface area contributed by atoms with E-state index in [4.69, 9.17) is 28.9 Å². The Morgan fingerprint density at radius 1 is 1.19 bits per heavy atom. The number of sulfonamides is 1. The van der Waals surface area contributed by atoms with Crippen molar-refractivity contribution in [1.82, 2.24) is 0 Å². The van der Waals surface area contributed by atoms with Crippen LogP contribution in [-0.4, -0.2) is 8.42 Å². The fourth-order valence-corrected chi connectivity index (χ4v) is 3.87. The molecule has 112 valence electrons. The molecular weight excluding hydrogens is 338 g/mol. The number of anilines is 2. The number of nitrogens with one attached hydrogen (secondary N) is 1. The molecule has 0 fully saturated rings. The van der Waals surface area contributed by atoms with Crippen molar-refractivity contribution in [1.29, 1.82) is 0 Å². The highest BCUT2D eigenvalue weighted by Crippen LogP contribution is 2.32. The van der Waals surface area contributed by atoms with E-state index in [9.17, 15) is 12.8 Å². The van der Waals surface area contributed by atoms with Gasteiger partial charge in [-0.3, -0.25) is 4.72 Å². The van der Waals surface area contributed by atoms with Crippen molar-refractivity contribution in [3.05, 3.63) is 51.8 Å². The maximum atomic E-state index is 13.2. The van der Waals surface area contributed by atoms with E-state index < -0.39 is 15.8 Å². The Balaban J connectivity index is 2.51. The summed E-state index contributed by atoms with van der Waals surface area (Å²) in [6.45, 7) is 1.64. The van der Waals surface area contributed by atoms with E-state index in [0.717, 1.165) is 6.07 Å². The van der Waals surface area contributed by atoms with Crippen molar-refractivity contribution in [3.63, 3.8) is 0 Å². The highest BCUT2D eigenvalue weighted by Gasteiger charge is 2.23. The molecule has 0 aromatic heterocycles. The van der Waals surface area contributed by atoms with Crippen LogP contribution in [0.5, 0.6) is 0 Å². The van der Waals surface area contributed by atoms with Crippen molar-refractivity contribution in [2.24, 2.45) is 0 Å². The van der Waals surface area contributed by atoms with Gasteiger partial charge in [-0.05, 0) is 36.8 Å². The second-order valence-corrected chi connectivity index (χ2v) is 6.83. The van der Waals surface area contributed by atoms with Crippen LogP contribution < -0.4 is 10.5 Å². The van der Waals surface area contributed by atoms with E-state index in [1.165, 1.54) is 24.3 Å².